The van der Waals surface area contributed by atoms with E-state index in [1.807, 2.05) is 45.3 Å². The Hall–Kier alpha value is -3.51. The number of nitrogens with one attached hydrogen (secondary N) is 1. The Morgan fingerprint density at radius 3 is 2.23 bits per heavy atom. The molecular weight excluding hydrogens is 436 g/mol. The molecule has 3 aromatic rings. The third-order valence-corrected chi connectivity index (χ3v) is 6.56. The number of para-hydroxylation sites is 2. The van der Waals surface area contributed by atoms with Crippen LogP contribution in [0.3, 0.4) is 0 Å². The number of hydrogen-bond acceptors (Lipinski definition) is 5. The normalized spacial score (nSPS) is 14.9. The van der Waals surface area contributed by atoms with Crippen molar-refractivity contribution in [2.75, 3.05) is 63.2 Å². The molecule has 1 N–H and O–H groups in total. The highest BCUT2D eigenvalue weighted by atomic mass is 16.5. The van der Waals surface area contributed by atoms with Crippen molar-refractivity contribution in [1.82, 2.24) is 10.2 Å². The van der Waals surface area contributed by atoms with Crippen LogP contribution in [0.15, 0.2) is 78.9 Å². The molecule has 3 aromatic carbocycles. The first-order valence-electron chi connectivity index (χ1n) is 12.4. The summed E-state index contributed by atoms with van der Waals surface area (Å²) in [6.45, 7) is 6.76. The van der Waals surface area contributed by atoms with E-state index in [9.17, 15) is 4.79 Å². The molecule has 1 fully saturated rings. The minimum absolute atomic E-state index is 0.0901. The summed E-state index contributed by atoms with van der Waals surface area (Å²) in [6.07, 6.45) is 0. The summed E-state index contributed by atoms with van der Waals surface area (Å²) >= 11 is 0. The summed E-state index contributed by atoms with van der Waals surface area (Å²) < 4.78 is 5.67. The average molecular weight is 473 g/mol. The molecule has 1 aliphatic rings. The molecule has 1 aliphatic heterocycles. The largest absolute Gasteiger partial charge is 0.493 e. The highest BCUT2D eigenvalue weighted by Crippen LogP contribution is 2.26. The molecule has 1 saturated heterocycles. The Kier molecular flexibility index (Phi) is 8.27. The molecular formula is C29H36N4O2. The molecule has 0 spiro atoms. The lowest BCUT2D eigenvalue weighted by Gasteiger charge is -2.40. The monoisotopic (exact) mass is 472 g/mol. The molecule has 1 heterocycles. The minimum atomic E-state index is -0.105. The van der Waals surface area contributed by atoms with Crippen molar-refractivity contribution in [1.29, 1.82) is 0 Å². The maximum atomic E-state index is 13.1. The van der Waals surface area contributed by atoms with Gasteiger partial charge in [0.1, 0.15) is 5.75 Å². The zero-order valence-corrected chi connectivity index (χ0v) is 21.0. The van der Waals surface area contributed by atoms with Crippen molar-refractivity contribution in [2.24, 2.45) is 0 Å². The molecule has 0 bridgehead atoms. The van der Waals surface area contributed by atoms with Gasteiger partial charge in [0.2, 0.25) is 0 Å². The van der Waals surface area contributed by atoms with Crippen LogP contribution in [-0.4, -0.2) is 64.2 Å². The van der Waals surface area contributed by atoms with Gasteiger partial charge in [-0.1, -0.05) is 42.5 Å². The van der Waals surface area contributed by atoms with Crippen LogP contribution in [0.1, 0.15) is 28.9 Å². The quantitative estimate of drug-likeness (QED) is 0.499. The molecule has 35 heavy (non-hydrogen) atoms. The van der Waals surface area contributed by atoms with E-state index in [0.717, 1.165) is 31.9 Å². The van der Waals surface area contributed by atoms with Crippen molar-refractivity contribution >= 4 is 17.3 Å². The Labute approximate surface area is 209 Å². The standard InChI is InChI=1S/C29H36N4O2/c1-4-35-28-13-9-8-12-26(28)29(34)30-22-27(23-14-16-24(17-15-23)31(2)3)33-20-18-32(19-21-33)25-10-6-5-7-11-25/h5-17,27H,4,18-22H2,1-3H3,(H,30,34). The van der Waals surface area contributed by atoms with Crippen molar-refractivity contribution in [2.45, 2.75) is 13.0 Å². The van der Waals surface area contributed by atoms with Crippen LogP contribution in [0, 0.1) is 0 Å². The molecule has 4 rings (SSSR count). The van der Waals surface area contributed by atoms with Crippen LogP contribution >= 0.6 is 0 Å². The number of rotatable bonds is 9. The van der Waals surface area contributed by atoms with E-state index >= 15 is 0 Å². The molecule has 6 nitrogen and oxygen atoms in total. The van der Waals surface area contributed by atoms with Crippen molar-refractivity contribution < 1.29 is 9.53 Å². The van der Waals surface area contributed by atoms with E-state index in [-0.39, 0.29) is 11.9 Å². The minimum Gasteiger partial charge on any atom is -0.493 e. The number of amides is 1. The lowest BCUT2D eigenvalue weighted by molar-refractivity contribution is 0.0926. The van der Waals surface area contributed by atoms with Gasteiger partial charge in [0, 0.05) is 58.2 Å². The van der Waals surface area contributed by atoms with Crippen molar-refractivity contribution in [3.63, 3.8) is 0 Å². The van der Waals surface area contributed by atoms with E-state index in [0.29, 0.717) is 24.5 Å². The van der Waals surface area contributed by atoms with Crippen molar-refractivity contribution in [3.8, 4) is 5.75 Å². The van der Waals surface area contributed by atoms with Gasteiger partial charge in [-0.25, -0.2) is 0 Å². The molecule has 1 atom stereocenters. The zero-order valence-electron chi connectivity index (χ0n) is 21.0. The molecule has 0 aliphatic carbocycles. The van der Waals surface area contributed by atoms with Crippen LogP contribution in [-0.2, 0) is 0 Å². The fourth-order valence-electron chi connectivity index (χ4n) is 4.60. The number of carbonyl (C=O) groups is 1. The Morgan fingerprint density at radius 2 is 1.57 bits per heavy atom. The highest BCUT2D eigenvalue weighted by Gasteiger charge is 2.26. The summed E-state index contributed by atoms with van der Waals surface area (Å²) in [5, 5.41) is 3.19. The van der Waals surface area contributed by atoms with Gasteiger partial charge in [0.15, 0.2) is 0 Å². The first kappa shape index (κ1) is 24.6. The van der Waals surface area contributed by atoms with Gasteiger partial charge in [-0.2, -0.15) is 0 Å². The van der Waals surface area contributed by atoms with Gasteiger partial charge in [0.05, 0.1) is 18.2 Å². The molecule has 6 heteroatoms. The Morgan fingerprint density at radius 1 is 0.914 bits per heavy atom. The lowest BCUT2D eigenvalue weighted by Crippen LogP contribution is -2.50. The number of hydrogen-bond donors (Lipinski definition) is 1. The van der Waals surface area contributed by atoms with E-state index in [1.165, 1.54) is 11.3 Å². The topological polar surface area (TPSA) is 48.1 Å². The smallest absolute Gasteiger partial charge is 0.255 e. The summed E-state index contributed by atoms with van der Waals surface area (Å²) in [7, 11) is 4.09. The predicted octanol–water partition coefficient (Wildman–Crippen LogP) is 4.44. The van der Waals surface area contributed by atoms with Gasteiger partial charge in [-0.15, -0.1) is 0 Å². The number of anilines is 2. The summed E-state index contributed by atoms with van der Waals surface area (Å²) in [6, 6.07) is 26.8. The van der Waals surface area contributed by atoms with Gasteiger partial charge < -0.3 is 19.9 Å². The molecule has 0 radical (unpaired) electrons. The number of benzene rings is 3. The predicted molar refractivity (Wildman–Crippen MR) is 144 cm³/mol. The summed E-state index contributed by atoms with van der Waals surface area (Å²) in [5.74, 6) is 0.516. The summed E-state index contributed by atoms with van der Waals surface area (Å²) in [4.78, 5) is 20.1. The van der Waals surface area contributed by atoms with Crippen LogP contribution in [0.25, 0.3) is 0 Å². The second-order valence-electron chi connectivity index (χ2n) is 9.00. The fourth-order valence-corrected chi connectivity index (χ4v) is 4.60. The van der Waals surface area contributed by atoms with Crippen LogP contribution in [0.4, 0.5) is 11.4 Å². The lowest BCUT2D eigenvalue weighted by atomic mass is 10.0. The summed E-state index contributed by atoms with van der Waals surface area (Å²) in [5.41, 5.74) is 4.21. The van der Waals surface area contributed by atoms with E-state index < -0.39 is 0 Å². The molecule has 1 unspecified atom stereocenters. The second kappa shape index (κ2) is 11.8. The Balaban J connectivity index is 1.49. The van der Waals surface area contributed by atoms with E-state index in [2.05, 4.69) is 74.6 Å². The van der Waals surface area contributed by atoms with Gasteiger partial charge >= 0.3 is 0 Å². The van der Waals surface area contributed by atoms with Crippen molar-refractivity contribution in [3.05, 3.63) is 90.0 Å². The zero-order chi connectivity index (χ0) is 24.6. The van der Waals surface area contributed by atoms with Crippen LogP contribution in [0.5, 0.6) is 5.75 Å². The number of piperazine rings is 1. The number of carbonyl (C=O) groups excluding carboxylic acids is 1. The highest BCUT2D eigenvalue weighted by molar-refractivity contribution is 5.96. The number of ether oxygens (including phenoxy) is 1. The second-order valence-corrected chi connectivity index (χ2v) is 9.00. The van der Waals surface area contributed by atoms with E-state index in [4.69, 9.17) is 4.74 Å². The molecule has 184 valence electrons. The average Bonchev–Trinajstić information content (AvgIpc) is 2.90. The molecule has 1 amide bonds. The fraction of sp³-hybridized carbons (Fsp3) is 0.345. The third-order valence-electron chi connectivity index (χ3n) is 6.56. The number of nitrogens with zero attached hydrogens (tertiary/aromatic N) is 3. The first-order valence-corrected chi connectivity index (χ1v) is 12.4. The van der Waals surface area contributed by atoms with E-state index in [1.54, 1.807) is 0 Å². The maximum absolute atomic E-state index is 13.1. The third kappa shape index (κ3) is 6.14. The molecule has 0 saturated carbocycles. The first-order chi connectivity index (χ1) is 17.1. The van der Waals surface area contributed by atoms with Crippen LogP contribution < -0.4 is 19.9 Å². The SMILES string of the molecule is CCOc1ccccc1C(=O)NCC(c1ccc(N(C)C)cc1)N1CCN(c2ccccc2)CC1. The van der Waals surface area contributed by atoms with Gasteiger partial charge in [-0.05, 0) is 48.9 Å². The maximum Gasteiger partial charge on any atom is 0.255 e. The van der Waals surface area contributed by atoms with Gasteiger partial charge in [0.25, 0.3) is 5.91 Å². The van der Waals surface area contributed by atoms with Gasteiger partial charge in [-0.3, -0.25) is 9.69 Å². The molecule has 0 aromatic heterocycles. The van der Waals surface area contributed by atoms with Crippen LogP contribution in [0.2, 0.25) is 0 Å². The Bertz CT molecular complexity index is 1080.